The normalized spacial score (nSPS) is 10.8. The number of benzene rings is 1. The van der Waals surface area contributed by atoms with Crippen LogP contribution in [0.4, 0.5) is 5.00 Å². The van der Waals surface area contributed by atoms with Crippen LogP contribution in [0.5, 0.6) is 0 Å². The Bertz CT molecular complexity index is 1270. The molecule has 3 rings (SSSR count). The van der Waals surface area contributed by atoms with Crippen LogP contribution in [0.25, 0.3) is 11.4 Å². The van der Waals surface area contributed by atoms with Crippen LogP contribution in [0.15, 0.2) is 23.4 Å². The molecule has 0 saturated carbocycles. The number of nitrogens with zero attached hydrogens (tertiary/aromatic N) is 4. The Morgan fingerprint density at radius 1 is 1.24 bits per heavy atom. The zero-order chi connectivity index (χ0) is 25.2. The molecule has 0 bridgehead atoms. The number of methoxy groups -OCH3 is 1. The molecule has 2 aromatic heterocycles. The summed E-state index contributed by atoms with van der Waals surface area (Å²) in [7, 11) is 6.23. The Morgan fingerprint density at radius 3 is 2.56 bits per heavy atom. The van der Waals surface area contributed by atoms with E-state index in [1.807, 2.05) is 0 Å². The predicted octanol–water partition coefficient (Wildman–Crippen LogP) is 4.38. The van der Waals surface area contributed by atoms with E-state index in [0.717, 1.165) is 23.1 Å². The number of carbonyl (C=O) groups is 3. The molecular weight excluding hydrogens is 521 g/mol. The summed E-state index contributed by atoms with van der Waals surface area (Å²) in [5.74, 6) is -0.760. The minimum atomic E-state index is -0.632. The SMILES string of the molecule is COC(=O)c1c(NC(=O)CSc2nnc(-c3ccc(Cl)cc3Cl)n2C)sc(C(=O)N(C)C)c1C. The summed E-state index contributed by atoms with van der Waals surface area (Å²) in [4.78, 5) is 39.2. The molecule has 1 aromatic carbocycles. The molecule has 0 radical (unpaired) electrons. The molecule has 34 heavy (non-hydrogen) atoms. The van der Waals surface area contributed by atoms with Crippen LogP contribution in [0.2, 0.25) is 10.0 Å². The minimum absolute atomic E-state index is 0.00512. The quantitative estimate of drug-likeness (QED) is 0.349. The van der Waals surface area contributed by atoms with Crippen molar-refractivity contribution in [1.82, 2.24) is 19.7 Å². The molecule has 180 valence electrons. The summed E-state index contributed by atoms with van der Waals surface area (Å²) >= 11 is 14.4. The maximum Gasteiger partial charge on any atom is 0.341 e. The molecule has 0 spiro atoms. The summed E-state index contributed by atoms with van der Waals surface area (Å²) in [5, 5.41) is 12.7. The lowest BCUT2D eigenvalue weighted by Gasteiger charge is -2.08. The molecule has 0 unspecified atom stereocenters. The van der Waals surface area contributed by atoms with Crippen LogP contribution >= 0.6 is 46.3 Å². The topological polar surface area (TPSA) is 106 Å². The van der Waals surface area contributed by atoms with Gasteiger partial charge in [0.15, 0.2) is 11.0 Å². The number of aromatic nitrogens is 3. The molecule has 13 heteroatoms. The first-order valence-electron chi connectivity index (χ1n) is 9.76. The van der Waals surface area contributed by atoms with Crippen molar-refractivity contribution in [3.63, 3.8) is 0 Å². The molecular formula is C21H21Cl2N5O4S2. The second kappa shape index (κ2) is 10.8. The van der Waals surface area contributed by atoms with Gasteiger partial charge in [-0.1, -0.05) is 35.0 Å². The van der Waals surface area contributed by atoms with Crippen molar-refractivity contribution < 1.29 is 19.1 Å². The number of thioether (sulfide) groups is 1. The number of thiophene rings is 1. The van der Waals surface area contributed by atoms with E-state index in [1.165, 1.54) is 12.0 Å². The molecule has 3 aromatic rings. The largest absolute Gasteiger partial charge is 0.465 e. The van der Waals surface area contributed by atoms with Gasteiger partial charge in [0, 0.05) is 31.7 Å². The number of hydrogen-bond donors (Lipinski definition) is 1. The molecule has 0 aliphatic heterocycles. The molecule has 2 amide bonds. The highest BCUT2D eigenvalue weighted by Gasteiger charge is 2.27. The summed E-state index contributed by atoms with van der Waals surface area (Å²) in [6, 6.07) is 5.06. The lowest BCUT2D eigenvalue weighted by molar-refractivity contribution is -0.113. The fourth-order valence-electron chi connectivity index (χ4n) is 3.00. The number of rotatable bonds is 7. The Hall–Kier alpha value is -2.60. The van der Waals surface area contributed by atoms with Crippen molar-refractivity contribution >= 4 is 69.1 Å². The smallest absolute Gasteiger partial charge is 0.341 e. The Balaban J connectivity index is 1.77. The number of ether oxygens (including phenoxy) is 1. The summed E-state index contributed by atoms with van der Waals surface area (Å²) in [6.45, 7) is 1.65. The predicted molar refractivity (Wildman–Crippen MR) is 134 cm³/mol. The standard InChI is InChI=1S/C21H21Cl2N5O4S2/c1-10-15(20(31)32-5)18(34-16(10)19(30)27(2)3)24-14(29)9-33-21-26-25-17(28(21)4)12-7-6-11(22)8-13(12)23/h6-8H,9H2,1-5H3,(H,24,29). The van der Waals surface area contributed by atoms with Gasteiger partial charge in [-0.05, 0) is 30.7 Å². The van der Waals surface area contributed by atoms with E-state index < -0.39 is 5.97 Å². The van der Waals surface area contributed by atoms with E-state index in [0.29, 0.717) is 37.0 Å². The molecule has 9 nitrogen and oxygen atoms in total. The highest BCUT2D eigenvalue weighted by atomic mass is 35.5. The van der Waals surface area contributed by atoms with E-state index in [-0.39, 0.29) is 28.1 Å². The van der Waals surface area contributed by atoms with Crippen molar-refractivity contribution in [1.29, 1.82) is 0 Å². The Morgan fingerprint density at radius 2 is 1.94 bits per heavy atom. The molecule has 0 aliphatic carbocycles. The van der Waals surface area contributed by atoms with Gasteiger partial charge >= 0.3 is 5.97 Å². The van der Waals surface area contributed by atoms with Gasteiger partial charge in [0.2, 0.25) is 5.91 Å². The summed E-state index contributed by atoms with van der Waals surface area (Å²) in [6.07, 6.45) is 0. The zero-order valence-electron chi connectivity index (χ0n) is 18.9. The van der Waals surface area contributed by atoms with Crippen molar-refractivity contribution in [3.8, 4) is 11.4 Å². The highest BCUT2D eigenvalue weighted by molar-refractivity contribution is 7.99. The minimum Gasteiger partial charge on any atom is -0.465 e. The van der Waals surface area contributed by atoms with Crippen LogP contribution in [-0.4, -0.2) is 64.4 Å². The monoisotopic (exact) mass is 541 g/mol. The Labute approximate surface area is 214 Å². The first-order chi connectivity index (χ1) is 16.0. The first kappa shape index (κ1) is 26.0. The van der Waals surface area contributed by atoms with Gasteiger partial charge in [-0.3, -0.25) is 9.59 Å². The van der Waals surface area contributed by atoms with Gasteiger partial charge in [0.25, 0.3) is 5.91 Å². The van der Waals surface area contributed by atoms with Crippen LogP contribution in [0.1, 0.15) is 25.6 Å². The van der Waals surface area contributed by atoms with Crippen molar-refractivity contribution in [2.75, 3.05) is 32.3 Å². The first-order valence-corrected chi connectivity index (χ1v) is 12.3. The van der Waals surface area contributed by atoms with Crippen LogP contribution in [0, 0.1) is 6.92 Å². The van der Waals surface area contributed by atoms with Crippen LogP contribution in [-0.2, 0) is 16.6 Å². The van der Waals surface area contributed by atoms with Gasteiger partial charge in [-0.15, -0.1) is 21.5 Å². The molecule has 0 fully saturated rings. The van der Waals surface area contributed by atoms with E-state index in [4.69, 9.17) is 27.9 Å². The number of amides is 2. The second-order valence-electron chi connectivity index (χ2n) is 7.28. The average molecular weight is 542 g/mol. The second-order valence-corrected chi connectivity index (χ2v) is 10.1. The maximum atomic E-state index is 12.7. The van der Waals surface area contributed by atoms with E-state index in [1.54, 1.807) is 50.8 Å². The average Bonchev–Trinajstić information content (AvgIpc) is 3.30. The van der Waals surface area contributed by atoms with E-state index in [9.17, 15) is 14.4 Å². The highest BCUT2D eigenvalue weighted by Crippen LogP contribution is 2.35. The van der Waals surface area contributed by atoms with Gasteiger partial charge in [-0.2, -0.15) is 0 Å². The van der Waals surface area contributed by atoms with Crippen LogP contribution < -0.4 is 5.32 Å². The Kier molecular flexibility index (Phi) is 8.24. The third-order valence-corrected chi connectivity index (χ3v) is 7.49. The number of nitrogens with one attached hydrogen (secondary N) is 1. The van der Waals surface area contributed by atoms with Crippen molar-refractivity contribution in [3.05, 3.63) is 44.2 Å². The van der Waals surface area contributed by atoms with Crippen molar-refractivity contribution in [2.24, 2.45) is 7.05 Å². The number of anilines is 1. The molecule has 2 heterocycles. The molecule has 0 saturated heterocycles. The van der Waals surface area contributed by atoms with Gasteiger partial charge in [0.1, 0.15) is 5.00 Å². The number of hydrogen-bond acceptors (Lipinski definition) is 8. The molecule has 0 atom stereocenters. The maximum absolute atomic E-state index is 12.7. The fourth-order valence-corrected chi connectivity index (χ4v) is 5.43. The van der Waals surface area contributed by atoms with Gasteiger partial charge in [-0.25, -0.2) is 4.79 Å². The summed E-state index contributed by atoms with van der Waals surface area (Å²) in [5.41, 5.74) is 1.28. The number of esters is 1. The third-order valence-electron chi connectivity index (χ3n) is 4.73. The van der Waals surface area contributed by atoms with E-state index >= 15 is 0 Å². The van der Waals surface area contributed by atoms with Crippen LogP contribution in [0.3, 0.4) is 0 Å². The lowest BCUT2D eigenvalue weighted by atomic mass is 10.1. The van der Waals surface area contributed by atoms with Gasteiger partial charge < -0.3 is 19.5 Å². The molecule has 0 aliphatic rings. The fraction of sp³-hybridized carbons (Fsp3) is 0.286. The summed E-state index contributed by atoms with van der Waals surface area (Å²) < 4.78 is 6.56. The zero-order valence-corrected chi connectivity index (χ0v) is 22.1. The van der Waals surface area contributed by atoms with E-state index in [2.05, 4.69) is 15.5 Å². The van der Waals surface area contributed by atoms with Gasteiger partial charge in [0.05, 0.1) is 28.3 Å². The van der Waals surface area contributed by atoms with Crippen molar-refractivity contribution in [2.45, 2.75) is 12.1 Å². The third kappa shape index (κ3) is 5.38. The lowest BCUT2D eigenvalue weighted by Crippen LogP contribution is -2.21. The molecule has 1 N–H and O–H groups in total. The number of carbonyl (C=O) groups excluding carboxylic acids is 3. The number of halogens is 2.